The van der Waals surface area contributed by atoms with Crippen molar-refractivity contribution >= 4 is 67.6 Å². The molecular formula is C26H18Cl3F3N6O2S2. The van der Waals surface area contributed by atoms with E-state index in [0.717, 1.165) is 12.3 Å². The normalized spacial score (nSPS) is 19.0. The van der Waals surface area contributed by atoms with E-state index in [4.69, 9.17) is 39.8 Å². The lowest BCUT2D eigenvalue weighted by Gasteiger charge is -2.32. The Hall–Kier alpha value is -2.94. The van der Waals surface area contributed by atoms with Gasteiger partial charge in [0.05, 0.1) is 10.6 Å². The Morgan fingerprint density at radius 3 is 2.48 bits per heavy atom. The number of fused-ring (bicyclic) bond motifs is 1. The van der Waals surface area contributed by atoms with Gasteiger partial charge in [-0.2, -0.15) is 13.9 Å². The molecule has 2 atom stereocenters. The molecule has 42 heavy (non-hydrogen) atoms. The van der Waals surface area contributed by atoms with Crippen LogP contribution in [0.3, 0.4) is 0 Å². The Morgan fingerprint density at radius 2 is 1.83 bits per heavy atom. The third-order valence-corrected chi connectivity index (χ3v) is 9.73. The summed E-state index contributed by atoms with van der Waals surface area (Å²) in [6.07, 6.45) is 2.88. The molecule has 0 amide bonds. The van der Waals surface area contributed by atoms with E-state index >= 15 is 0 Å². The van der Waals surface area contributed by atoms with Gasteiger partial charge in [-0.3, -0.25) is 4.99 Å². The lowest BCUT2D eigenvalue weighted by atomic mass is 9.92. The molecule has 0 bridgehead atoms. The van der Waals surface area contributed by atoms with E-state index in [1.54, 1.807) is 16.5 Å². The van der Waals surface area contributed by atoms with Crippen molar-refractivity contribution in [1.82, 2.24) is 24.4 Å². The largest absolute Gasteiger partial charge is 0.333 e. The maximum absolute atomic E-state index is 14.0. The summed E-state index contributed by atoms with van der Waals surface area (Å²) in [4.78, 5) is 11.0. The zero-order chi connectivity index (χ0) is 29.8. The number of hydrogen-bond acceptors (Lipinski definition) is 7. The van der Waals surface area contributed by atoms with Crippen LogP contribution in [0.15, 0.2) is 75.8 Å². The topological polar surface area (TPSA) is 92.5 Å². The molecule has 1 N–H and O–H groups in total. The van der Waals surface area contributed by atoms with Crippen LogP contribution in [0.1, 0.15) is 35.3 Å². The van der Waals surface area contributed by atoms with Crippen molar-refractivity contribution in [1.29, 1.82) is 0 Å². The summed E-state index contributed by atoms with van der Waals surface area (Å²) < 4.78 is 71.0. The van der Waals surface area contributed by atoms with Gasteiger partial charge in [0.2, 0.25) is 10.0 Å². The summed E-state index contributed by atoms with van der Waals surface area (Å²) >= 11 is 19.9. The second-order valence-electron chi connectivity index (χ2n) is 9.42. The number of hydrogen-bond donors (Lipinski definition) is 1. The third-order valence-electron chi connectivity index (χ3n) is 6.69. The van der Waals surface area contributed by atoms with Gasteiger partial charge >= 0.3 is 6.55 Å². The quantitative estimate of drug-likeness (QED) is 0.233. The standard InChI is InChI=1S/C26H18Cl3F3N6O2S2/c27-13-7-14(28)9-17(8-13)42(39,40)36-16-11-21-22(20-3-5-38(35-20)26(31)32)23(18-2-1-15(30)10-19(18)29)34-24(37(21)12-16)25-33-4-6-41-25/h1-10,16,23,26,36H,11-12H2/t16-,23-/m0/s1. The minimum absolute atomic E-state index is 0.0789. The maximum Gasteiger partial charge on any atom is 0.333 e. The molecule has 6 rings (SSSR count). The first-order chi connectivity index (χ1) is 20.0. The Morgan fingerprint density at radius 1 is 1.07 bits per heavy atom. The van der Waals surface area contributed by atoms with Crippen LogP contribution >= 0.6 is 46.1 Å². The van der Waals surface area contributed by atoms with Gasteiger partial charge in [0.15, 0.2) is 10.8 Å². The van der Waals surface area contributed by atoms with Gasteiger partial charge in [0, 0.05) is 68.7 Å². The van der Waals surface area contributed by atoms with Gasteiger partial charge in [-0.15, -0.1) is 11.3 Å². The van der Waals surface area contributed by atoms with Crippen molar-refractivity contribution in [2.75, 3.05) is 6.54 Å². The van der Waals surface area contributed by atoms with Crippen LogP contribution < -0.4 is 4.72 Å². The summed E-state index contributed by atoms with van der Waals surface area (Å²) in [5.74, 6) is -0.132. The average molecular weight is 674 g/mol. The molecule has 1 saturated heterocycles. The number of aliphatic imine (C=N–C) groups is 1. The predicted octanol–water partition coefficient (Wildman–Crippen LogP) is 6.80. The Kier molecular flexibility index (Phi) is 7.83. The zero-order valence-corrected chi connectivity index (χ0v) is 25.0. The number of thiazole rings is 1. The predicted molar refractivity (Wildman–Crippen MR) is 155 cm³/mol. The number of nitrogens with zero attached hydrogens (tertiary/aromatic N) is 5. The first-order valence-electron chi connectivity index (χ1n) is 12.3. The fraction of sp³-hybridized carbons (Fsp3) is 0.192. The average Bonchev–Trinajstić information content (AvgIpc) is 3.68. The highest BCUT2D eigenvalue weighted by molar-refractivity contribution is 7.89. The van der Waals surface area contributed by atoms with E-state index in [1.807, 2.05) is 0 Å². The summed E-state index contributed by atoms with van der Waals surface area (Å²) in [6, 6.07) is 7.70. The van der Waals surface area contributed by atoms with E-state index in [0.29, 0.717) is 32.4 Å². The van der Waals surface area contributed by atoms with Gasteiger partial charge in [-0.05, 0) is 36.4 Å². The molecule has 4 heterocycles. The summed E-state index contributed by atoms with van der Waals surface area (Å²) in [5, 5.41) is 6.78. The highest BCUT2D eigenvalue weighted by Gasteiger charge is 2.42. The van der Waals surface area contributed by atoms with Crippen molar-refractivity contribution in [3.05, 3.63) is 103 Å². The van der Waals surface area contributed by atoms with Crippen molar-refractivity contribution in [3.8, 4) is 0 Å². The lowest BCUT2D eigenvalue weighted by molar-refractivity contribution is 0.0564. The summed E-state index contributed by atoms with van der Waals surface area (Å²) in [5.41, 5.74) is 1.61. The molecule has 2 aromatic heterocycles. The molecule has 16 heteroatoms. The molecule has 0 aliphatic carbocycles. The second-order valence-corrected chi connectivity index (χ2v) is 13.3. The molecule has 0 saturated carbocycles. The molecule has 0 unspecified atom stereocenters. The number of aromatic nitrogens is 3. The number of sulfonamides is 1. The van der Waals surface area contributed by atoms with Gasteiger partial charge in [0.1, 0.15) is 11.9 Å². The summed E-state index contributed by atoms with van der Waals surface area (Å²) in [6.45, 7) is -2.75. The SMILES string of the molecule is O=S(=O)(N[C@H]1CC2=C(c3ccn(C(F)F)n3)[C@H](c3ccc(F)cc3Cl)N=C(c3nccs3)N2C1)c1cc(Cl)cc(Cl)c1. The first-order valence-corrected chi connectivity index (χ1v) is 15.7. The van der Waals surface area contributed by atoms with Crippen molar-refractivity contribution in [3.63, 3.8) is 0 Å². The van der Waals surface area contributed by atoms with Gasteiger partial charge in [0.25, 0.3) is 0 Å². The second kappa shape index (κ2) is 11.3. The van der Waals surface area contributed by atoms with Gasteiger partial charge in [-0.25, -0.2) is 27.2 Å². The fourth-order valence-electron chi connectivity index (χ4n) is 5.00. The number of benzene rings is 2. The monoisotopic (exact) mass is 672 g/mol. The van der Waals surface area contributed by atoms with Crippen LogP contribution in [-0.2, 0) is 10.0 Å². The van der Waals surface area contributed by atoms with Crippen molar-refractivity contribution < 1.29 is 21.6 Å². The minimum atomic E-state index is -4.07. The van der Waals surface area contributed by atoms with Crippen molar-refractivity contribution in [2.45, 2.75) is 29.9 Å². The van der Waals surface area contributed by atoms with Crippen LogP contribution in [0.25, 0.3) is 5.57 Å². The van der Waals surface area contributed by atoms with Crippen LogP contribution in [0, 0.1) is 5.82 Å². The van der Waals surface area contributed by atoms with E-state index < -0.39 is 34.5 Å². The maximum atomic E-state index is 14.0. The minimum Gasteiger partial charge on any atom is -0.326 e. The Balaban J connectivity index is 1.49. The first kappa shape index (κ1) is 29.1. The molecule has 0 spiro atoms. The highest BCUT2D eigenvalue weighted by Crippen LogP contribution is 2.46. The number of rotatable bonds is 7. The van der Waals surface area contributed by atoms with Crippen LogP contribution in [-0.4, -0.2) is 46.5 Å². The number of halogens is 6. The smallest absolute Gasteiger partial charge is 0.326 e. The molecule has 4 aromatic rings. The van der Waals surface area contributed by atoms with E-state index in [-0.39, 0.29) is 38.6 Å². The number of nitrogens with one attached hydrogen (secondary N) is 1. The third kappa shape index (κ3) is 5.56. The van der Waals surface area contributed by atoms with E-state index in [2.05, 4.69) is 14.8 Å². The molecule has 1 fully saturated rings. The molecule has 218 valence electrons. The van der Waals surface area contributed by atoms with E-state index in [1.165, 1.54) is 47.7 Å². The molecule has 0 radical (unpaired) electrons. The molecule has 2 aliphatic heterocycles. The van der Waals surface area contributed by atoms with Crippen LogP contribution in [0.5, 0.6) is 0 Å². The molecule has 8 nitrogen and oxygen atoms in total. The van der Waals surface area contributed by atoms with Crippen LogP contribution in [0.2, 0.25) is 15.1 Å². The van der Waals surface area contributed by atoms with Gasteiger partial charge in [-0.1, -0.05) is 40.9 Å². The summed E-state index contributed by atoms with van der Waals surface area (Å²) in [7, 11) is -4.07. The molecular weight excluding hydrogens is 656 g/mol. The number of amidine groups is 1. The van der Waals surface area contributed by atoms with E-state index in [9.17, 15) is 21.6 Å². The Labute approximate surface area is 257 Å². The highest BCUT2D eigenvalue weighted by atomic mass is 35.5. The zero-order valence-electron chi connectivity index (χ0n) is 21.1. The van der Waals surface area contributed by atoms with Gasteiger partial charge < -0.3 is 4.90 Å². The van der Waals surface area contributed by atoms with Crippen molar-refractivity contribution in [2.24, 2.45) is 4.99 Å². The molecule has 2 aliphatic rings. The Bertz CT molecular complexity index is 1830. The van der Waals surface area contributed by atoms with Crippen LogP contribution in [0.4, 0.5) is 13.2 Å². The fourth-order valence-corrected chi connectivity index (χ4v) is 7.87. The number of alkyl halides is 2. The molecule has 2 aromatic carbocycles. The lowest BCUT2D eigenvalue weighted by Crippen LogP contribution is -2.39.